The van der Waals surface area contributed by atoms with E-state index >= 15 is 0 Å². The SMILES string of the molecule is CCc1ccc(-c2cnc(C)n3cc(CN)nc23)cc1. The second-order valence-electron chi connectivity index (χ2n) is 4.90. The summed E-state index contributed by atoms with van der Waals surface area (Å²) < 4.78 is 2.01. The van der Waals surface area contributed by atoms with Crippen molar-refractivity contribution in [3.8, 4) is 11.1 Å². The van der Waals surface area contributed by atoms with E-state index in [2.05, 4.69) is 41.2 Å². The lowest BCUT2D eigenvalue weighted by atomic mass is 10.1. The molecule has 3 rings (SSSR count). The van der Waals surface area contributed by atoms with Gasteiger partial charge in [0.05, 0.1) is 5.69 Å². The second-order valence-corrected chi connectivity index (χ2v) is 4.90. The smallest absolute Gasteiger partial charge is 0.147 e. The molecule has 20 heavy (non-hydrogen) atoms. The molecule has 4 heteroatoms. The Bertz CT molecular complexity index is 741. The van der Waals surface area contributed by atoms with Gasteiger partial charge in [0.25, 0.3) is 0 Å². The molecule has 4 nitrogen and oxygen atoms in total. The van der Waals surface area contributed by atoms with Crippen LogP contribution in [0, 0.1) is 6.92 Å². The van der Waals surface area contributed by atoms with Crippen molar-refractivity contribution < 1.29 is 0 Å². The van der Waals surface area contributed by atoms with E-state index in [1.54, 1.807) is 0 Å². The molecular weight excluding hydrogens is 248 g/mol. The van der Waals surface area contributed by atoms with E-state index < -0.39 is 0 Å². The van der Waals surface area contributed by atoms with Crippen LogP contribution in [0.25, 0.3) is 16.8 Å². The minimum absolute atomic E-state index is 0.440. The minimum atomic E-state index is 0.440. The summed E-state index contributed by atoms with van der Waals surface area (Å²) in [5.74, 6) is 0.918. The molecule has 0 aliphatic rings. The molecular formula is C16H18N4. The highest BCUT2D eigenvalue weighted by Crippen LogP contribution is 2.24. The van der Waals surface area contributed by atoms with Crippen LogP contribution in [-0.2, 0) is 13.0 Å². The van der Waals surface area contributed by atoms with Crippen LogP contribution in [0.4, 0.5) is 0 Å². The van der Waals surface area contributed by atoms with Crippen molar-refractivity contribution in [2.45, 2.75) is 26.8 Å². The third-order valence-electron chi connectivity index (χ3n) is 3.61. The molecule has 0 saturated carbocycles. The summed E-state index contributed by atoms with van der Waals surface area (Å²) in [7, 11) is 0. The highest BCUT2D eigenvalue weighted by atomic mass is 15.1. The van der Waals surface area contributed by atoms with Crippen molar-refractivity contribution in [3.05, 3.63) is 53.7 Å². The lowest BCUT2D eigenvalue weighted by molar-refractivity contribution is 0.979. The molecule has 0 aliphatic carbocycles. The normalized spacial score (nSPS) is 11.2. The van der Waals surface area contributed by atoms with Crippen LogP contribution in [0.3, 0.4) is 0 Å². The Morgan fingerprint density at radius 1 is 1.20 bits per heavy atom. The molecule has 2 heterocycles. The zero-order valence-electron chi connectivity index (χ0n) is 11.8. The average Bonchev–Trinajstić information content (AvgIpc) is 2.93. The molecule has 102 valence electrons. The number of nitrogens with two attached hydrogens (primary N) is 1. The molecule has 0 saturated heterocycles. The van der Waals surface area contributed by atoms with Gasteiger partial charge in [-0.15, -0.1) is 0 Å². The van der Waals surface area contributed by atoms with Crippen molar-refractivity contribution in [1.29, 1.82) is 0 Å². The number of imidazole rings is 1. The van der Waals surface area contributed by atoms with Gasteiger partial charge in [0, 0.05) is 24.5 Å². The molecule has 0 amide bonds. The van der Waals surface area contributed by atoms with Crippen molar-refractivity contribution in [2.75, 3.05) is 0 Å². The monoisotopic (exact) mass is 266 g/mol. The highest BCUT2D eigenvalue weighted by Gasteiger charge is 2.10. The summed E-state index contributed by atoms with van der Waals surface area (Å²) in [5, 5.41) is 0. The quantitative estimate of drug-likeness (QED) is 0.793. The summed E-state index contributed by atoms with van der Waals surface area (Å²) in [4.78, 5) is 9.06. The molecule has 0 atom stereocenters. The van der Waals surface area contributed by atoms with Gasteiger partial charge in [0.15, 0.2) is 0 Å². The summed E-state index contributed by atoms with van der Waals surface area (Å²) >= 11 is 0. The Balaban J connectivity index is 2.19. The van der Waals surface area contributed by atoms with Crippen molar-refractivity contribution in [1.82, 2.24) is 14.4 Å². The average molecular weight is 266 g/mol. The zero-order chi connectivity index (χ0) is 14.1. The van der Waals surface area contributed by atoms with Gasteiger partial charge in [0.2, 0.25) is 0 Å². The molecule has 1 aromatic carbocycles. The predicted octanol–water partition coefficient (Wildman–Crippen LogP) is 2.73. The van der Waals surface area contributed by atoms with Crippen LogP contribution in [-0.4, -0.2) is 14.4 Å². The van der Waals surface area contributed by atoms with Gasteiger partial charge in [-0.3, -0.25) is 4.40 Å². The van der Waals surface area contributed by atoms with Crippen molar-refractivity contribution in [3.63, 3.8) is 0 Å². The van der Waals surface area contributed by atoms with Crippen LogP contribution in [0.15, 0.2) is 36.7 Å². The van der Waals surface area contributed by atoms with Crippen LogP contribution >= 0.6 is 0 Å². The van der Waals surface area contributed by atoms with E-state index in [1.807, 2.05) is 23.7 Å². The third-order valence-corrected chi connectivity index (χ3v) is 3.61. The number of hydrogen-bond acceptors (Lipinski definition) is 3. The first-order chi connectivity index (χ1) is 9.72. The van der Waals surface area contributed by atoms with Crippen molar-refractivity contribution >= 4 is 5.65 Å². The van der Waals surface area contributed by atoms with Crippen molar-refractivity contribution in [2.24, 2.45) is 5.73 Å². The van der Waals surface area contributed by atoms with Crippen LogP contribution in [0.1, 0.15) is 24.0 Å². The first kappa shape index (κ1) is 12.8. The topological polar surface area (TPSA) is 56.2 Å². The predicted molar refractivity (Wildman–Crippen MR) is 80.4 cm³/mol. The molecule has 0 spiro atoms. The molecule has 0 bridgehead atoms. The van der Waals surface area contributed by atoms with Gasteiger partial charge in [-0.05, 0) is 24.5 Å². The van der Waals surface area contributed by atoms with E-state index in [0.29, 0.717) is 6.54 Å². The third kappa shape index (κ3) is 2.08. The summed E-state index contributed by atoms with van der Waals surface area (Å²) in [6, 6.07) is 8.56. The molecule has 2 aromatic heterocycles. The zero-order valence-corrected chi connectivity index (χ0v) is 11.8. The number of rotatable bonds is 3. The van der Waals surface area contributed by atoms with Gasteiger partial charge in [0.1, 0.15) is 11.5 Å². The van der Waals surface area contributed by atoms with E-state index in [4.69, 9.17) is 5.73 Å². The van der Waals surface area contributed by atoms with Gasteiger partial charge in [-0.25, -0.2) is 9.97 Å². The largest absolute Gasteiger partial charge is 0.325 e. The molecule has 2 N–H and O–H groups in total. The van der Waals surface area contributed by atoms with Crippen LogP contribution in [0.5, 0.6) is 0 Å². The number of nitrogens with zero attached hydrogens (tertiary/aromatic N) is 3. The lowest BCUT2D eigenvalue weighted by Gasteiger charge is -2.06. The number of benzene rings is 1. The van der Waals surface area contributed by atoms with Gasteiger partial charge in [-0.2, -0.15) is 0 Å². The van der Waals surface area contributed by atoms with E-state index in [9.17, 15) is 0 Å². The summed E-state index contributed by atoms with van der Waals surface area (Å²) in [6.07, 6.45) is 4.89. The maximum Gasteiger partial charge on any atom is 0.147 e. The summed E-state index contributed by atoms with van der Waals surface area (Å²) in [5.41, 5.74) is 11.0. The number of aryl methyl sites for hydroxylation is 2. The van der Waals surface area contributed by atoms with Gasteiger partial charge >= 0.3 is 0 Å². The first-order valence-corrected chi connectivity index (χ1v) is 6.86. The maximum absolute atomic E-state index is 5.69. The van der Waals surface area contributed by atoms with E-state index in [1.165, 1.54) is 5.56 Å². The number of hydrogen-bond donors (Lipinski definition) is 1. The number of aromatic nitrogens is 3. The fourth-order valence-electron chi connectivity index (χ4n) is 2.37. The van der Waals surface area contributed by atoms with E-state index in [-0.39, 0.29) is 0 Å². The molecule has 0 unspecified atom stereocenters. The second kappa shape index (κ2) is 5.06. The Hall–Kier alpha value is -2.20. The fraction of sp³-hybridized carbons (Fsp3) is 0.250. The Kier molecular flexibility index (Phi) is 3.24. The molecule has 3 aromatic rings. The Labute approximate surface area is 118 Å². The highest BCUT2D eigenvalue weighted by molar-refractivity contribution is 5.77. The first-order valence-electron chi connectivity index (χ1n) is 6.86. The number of fused-ring (bicyclic) bond motifs is 1. The van der Waals surface area contributed by atoms with Crippen LogP contribution in [0.2, 0.25) is 0 Å². The van der Waals surface area contributed by atoms with Gasteiger partial charge < -0.3 is 5.73 Å². The maximum atomic E-state index is 5.69. The Morgan fingerprint density at radius 2 is 1.95 bits per heavy atom. The molecule has 0 aliphatic heterocycles. The van der Waals surface area contributed by atoms with E-state index in [0.717, 1.165) is 34.7 Å². The molecule has 0 radical (unpaired) electrons. The molecule has 0 fully saturated rings. The standard InChI is InChI=1S/C16H18N4/c1-3-12-4-6-13(7-5-12)15-9-18-11(2)20-10-14(8-17)19-16(15)20/h4-7,9-10H,3,8,17H2,1-2H3. The Morgan fingerprint density at radius 3 is 2.60 bits per heavy atom. The fourth-order valence-corrected chi connectivity index (χ4v) is 2.37. The minimum Gasteiger partial charge on any atom is -0.325 e. The summed E-state index contributed by atoms with van der Waals surface area (Å²) in [6.45, 7) is 4.57. The van der Waals surface area contributed by atoms with Gasteiger partial charge in [-0.1, -0.05) is 31.2 Å². The van der Waals surface area contributed by atoms with Crippen LogP contribution < -0.4 is 5.73 Å². The lowest BCUT2D eigenvalue weighted by Crippen LogP contribution is -1.96.